The number of alkyl halides is 3. The first-order valence-electron chi connectivity index (χ1n) is 11.5. The van der Waals surface area contributed by atoms with Crippen LogP contribution in [0.5, 0.6) is 5.75 Å². The zero-order valence-electron chi connectivity index (χ0n) is 19.4. The first-order valence-corrected chi connectivity index (χ1v) is 11.5. The molecule has 186 valence electrons. The van der Waals surface area contributed by atoms with Gasteiger partial charge in [0.2, 0.25) is 5.89 Å². The summed E-state index contributed by atoms with van der Waals surface area (Å²) in [5.41, 5.74) is 4.14. The molecule has 0 aliphatic carbocycles. The van der Waals surface area contributed by atoms with Crippen LogP contribution in [0.3, 0.4) is 0 Å². The summed E-state index contributed by atoms with van der Waals surface area (Å²) < 4.78 is 54.7. The molecule has 0 radical (unpaired) electrons. The summed E-state index contributed by atoms with van der Waals surface area (Å²) >= 11 is 0. The van der Waals surface area contributed by atoms with E-state index in [1.54, 1.807) is 0 Å². The normalized spacial score (nSPS) is 15.8. The van der Waals surface area contributed by atoms with Crippen LogP contribution in [0.15, 0.2) is 65.1 Å². The zero-order valence-corrected chi connectivity index (χ0v) is 19.4. The predicted octanol–water partition coefficient (Wildman–Crippen LogP) is 6.16. The second-order valence-corrected chi connectivity index (χ2v) is 8.60. The number of fused-ring (bicyclic) bond motifs is 1. The Hall–Kier alpha value is -3.85. The standard InChI is InChI=1S/C27H23F3N2O4/c1-16-19(17-7-3-2-4-8-17)9-5-10-20(16)25-32-22-13-18(15-34-26(33)21-11-6-12-31-21)23(14-24(22)35-25)36-27(28,29)30/h2-5,7-10,13-14,21,31H,6,11-12,15H2,1H3/t21-/m0/s1. The molecule has 1 saturated heterocycles. The zero-order chi connectivity index (χ0) is 25.3. The van der Waals surface area contributed by atoms with Crippen LogP contribution in [0.25, 0.3) is 33.7 Å². The van der Waals surface area contributed by atoms with E-state index in [2.05, 4.69) is 15.0 Å². The quantitative estimate of drug-likeness (QED) is 0.322. The van der Waals surface area contributed by atoms with E-state index in [0.717, 1.165) is 29.2 Å². The first kappa shape index (κ1) is 23.9. The van der Waals surface area contributed by atoms with Crippen LogP contribution < -0.4 is 10.1 Å². The SMILES string of the molecule is Cc1c(-c2ccccc2)cccc1-c1nc2cc(COC(=O)[C@@H]3CCCN3)c(OC(F)(F)F)cc2o1. The van der Waals surface area contributed by atoms with Gasteiger partial charge in [-0.2, -0.15) is 0 Å². The maximum absolute atomic E-state index is 13.1. The van der Waals surface area contributed by atoms with E-state index in [1.165, 1.54) is 6.07 Å². The first-order chi connectivity index (χ1) is 17.3. The number of halogens is 3. The molecule has 0 bridgehead atoms. The molecule has 1 aliphatic rings. The van der Waals surface area contributed by atoms with Gasteiger partial charge in [-0.15, -0.1) is 13.2 Å². The molecule has 1 aliphatic heterocycles. The van der Waals surface area contributed by atoms with Gasteiger partial charge in [0.1, 0.15) is 23.9 Å². The highest BCUT2D eigenvalue weighted by molar-refractivity contribution is 5.82. The lowest BCUT2D eigenvalue weighted by atomic mass is 9.96. The molecule has 3 aromatic carbocycles. The van der Waals surface area contributed by atoms with Gasteiger partial charge in [-0.25, -0.2) is 4.98 Å². The second kappa shape index (κ2) is 9.66. The van der Waals surface area contributed by atoms with Crippen LogP contribution in [0.1, 0.15) is 24.0 Å². The highest BCUT2D eigenvalue weighted by Gasteiger charge is 2.33. The van der Waals surface area contributed by atoms with Gasteiger partial charge in [-0.05, 0) is 55.1 Å². The number of carbonyl (C=O) groups excluding carboxylic acids is 1. The Kier molecular flexibility index (Phi) is 6.40. The Morgan fingerprint density at radius 3 is 2.61 bits per heavy atom. The van der Waals surface area contributed by atoms with Gasteiger partial charge in [0.05, 0.1) is 0 Å². The highest BCUT2D eigenvalue weighted by atomic mass is 19.4. The molecule has 2 heterocycles. The van der Waals surface area contributed by atoms with Crippen molar-refractivity contribution in [3.8, 4) is 28.3 Å². The number of hydrogen-bond donors (Lipinski definition) is 1. The van der Waals surface area contributed by atoms with E-state index in [-0.39, 0.29) is 23.6 Å². The third-order valence-electron chi connectivity index (χ3n) is 6.16. The number of nitrogens with one attached hydrogen (secondary N) is 1. The van der Waals surface area contributed by atoms with Crippen molar-refractivity contribution < 1.29 is 31.9 Å². The van der Waals surface area contributed by atoms with Crippen molar-refractivity contribution in [3.63, 3.8) is 0 Å². The Balaban J connectivity index is 1.50. The van der Waals surface area contributed by atoms with Gasteiger partial charge in [-0.1, -0.05) is 42.5 Å². The minimum atomic E-state index is -4.93. The fraction of sp³-hybridized carbons (Fsp3) is 0.259. The van der Waals surface area contributed by atoms with Crippen molar-refractivity contribution in [2.45, 2.75) is 38.8 Å². The summed E-state index contributed by atoms with van der Waals surface area (Å²) in [6.07, 6.45) is -3.47. The van der Waals surface area contributed by atoms with Gasteiger partial charge < -0.3 is 19.2 Å². The van der Waals surface area contributed by atoms with Crippen molar-refractivity contribution in [2.24, 2.45) is 0 Å². The maximum Gasteiger partial charge on any atom is 0.573 e. The average Bonchev–Trinajstić information content (AvgIpc) is 3.52. The third kappa shape index (κ3) is 5.06. The molecule has 0 unspecified atom stereocenters. The fourth-order valence-electron chi connectivity index (χ4n) is 4.38. The molecule has 5 rings (SSSR count). The Morgan fingerprint density at radius 1 is 1.11 bits per heavy atom. The lowest BCUT2D eigenvalue weighted by Crippen LogP contribution is -2.32. The Labute approximate surface area is 205 Å². The number of benzene rings is 3. The van der Waals surface area contributed by atoms with Gasteiger partial charge in [0, 0.05) is 17.2 Å². The highest BCUT2D eigenvalue weighted by Crippen LogP contribution is 2.36. The molecule has 0 saturated carbocycles. The number of rotatable bonds is 6. The minimum Gasteiger partial charge on any atom is -0.460 e. The molecular weight excluding hydrogens is 473 g/mol. The molecule has 1 N–H and O–H groups in total. The molecule has 0 spiro atoms. The smallest absolute Gasteiger partial charge is 0.460 e. The number of aromatic nitrogens is 1. The van der Waals surface area contributed by atoms with Crippen LogP contribution in [0.2, 0.25) is 0 Å². The topological polar surface area (TPSA) is 73.6 Å². The molecule has 6 nitrogen and oxygen atoms in total. The molecule has 1 aromatic heterocycles. The molecule has 4 aromatic rings. The van der Waals surface area contributed by atoms with Gasteiger partial charge in [0.25, 0.3) is 0 Å². The van der Waals surface area contributed by atoms with Crippen LogP contribution >= 0.6 is 0 Å². The summed E-state index contributed by atoms with van der Waals surface area (Å²) in [5, 5.41) is 3.01. The Morgan fingerprint density at radius 2 is 1.89 bits per heavy atom. The minimum absolute atomic E-state index is 0.0424. The summed E-state index contributed by atoms with van der Waals surface area (Å²) in [7, 11) is 0. The summed E-state index contributed by atoms with van der Waals surface area (Å²) in [6, 6.07) is 17.6. The fourth-order valence-corrected chi connectivity index (χ4v) is 4.38. The van der Waals surface area contributed by atoms with Crippen molar-refractivity contribution >= 4 is 17.1 Å². The van der Waals surface area contributed by atoms with E-state index in [0.29, 0.717) is 24.0 Å². The number of nitrogens with zero attached hydrogens (tertiary/aromatic N) is 1. The molecule has 0 amide bonds. The lowest BCUT2D eigenvalue weighted by Gasteiger charge is -2.14. The third-order valence-corrected chi connectivity index (χ3v) is 6.16. The van der Waals surface area contributed by atoms with Crippen LogP contribution in [-0.4, -0.2) is 29.9 Å². The van der Waals surface area contributed by atoms with E-state index < -0.39 is 24.1 Å². The van der Waals surface area contributed by atoms with Gasteiger partial charge >= 0.3 is 12.3 Å². The molecular formula is C27H23F3N2O4. The van der Waals surface area contributed by atoms with Crippen LogP contribution in [-0.2, 0) is 16.1 Å². The van der Waals surface area contributed by atoms with Crippen molar-refractivity contribution in [1.82, 2.24) is 10.3 Å². The van der Waals surface area contributed by atoms with Gasteiger partial charge in [-0.3, -0.25) is 4.79 Å². The number of hydrogen-bond acceptors (Lipinski definition) is 6. The van der Waals surface area contributed by atoms with E-state index >= 15 is 0 Å². The predicted molar refractivity (Wildman–Crippen MR) is 127 cm³/mol. The van der Waals surface area contributed by atoms with Crippen LogP contribution in [0, 0.1) is 6.92 Å². The monoisotopic (exact) mass is 496 g/mol. The largest absolute Gasteiger partial charge is 0.573 e. The maximum atomic E-state index is 13.1. The van der Waals surface area contributed by atoms with Crippen LogP contribution in [0.4, 0.5) is 13.2 Å². The van der Waals surface area contributed by atoms with E-state index in [9.17, 15) is 18.0 Å². The Bertz CT molecular complexity index is 1390. The molecule has 1 atom stereocenters. The summed E-state index contributed by atoms with van der Waals surface area (Å²) in [4.78, 5) is 16.8. The number of ether oxygens (including phenoxy) is 2. The lowest BCUT2D eigenvalue weighted by molar-refractivity contribution is -0.275. The second-order valence-electron chi connectivity index (χ2n) is 8.60. The summed E-state index contributed by atoms with van der Waals surface area (Å²) in [6.45, 7) is 2.25. The number of esters is 1. The number of carbonyl (C=O) groups is 1. The van der Waals surface area contributed by atoms with Crippen molar-refractivity contribution in [1.29, 1.82) is 0 Å². The molecule has 9 heteroatoms. The van der Waals surface area contributed by atoms with Gasteiger partial charge in [0.15, 0.2) is 5.58 Å². The molecule has 1 fully saturated rings. The van der Waals surface area contributed by atoms with E-state index in [1.807, 2.05) is 55.5 Å². The van der Waals surface area contributed by atoms with E-state index in [4.69, 9.17) is 9.15 Å². The summed E-state index contributed by atoms with van der Waals surface area (Å²) in [5.74, 6) is -0.748. The molecule has 36 heavy (non-hydrogen) atoms. The number of oxazole rings is 1. The van der Waals surface area contributed by atoms with Crippen molar-refractivity contribution in [3.05, 3.63) is 71.8 Å². The average molecular weight is 496 g/mol. The van der Waals surface area contributed by atoms with Crippen molar-refractivity contribution in [2.75, 3.05) is 6.54 Å².